The minimum Gasteiger partial charge on any atom is -0.370 e. The molecule has 0 atom stereocenters. The summed E-state index contributed by atoms with van der Waals surface area (Å²) in [6.45, 7) is 10.9. The lowest BCUT2D eigenvalue weighted by molar-refractivity contribution is -0.113. The normalized spacial score (nSPS) is 15.6. The highest BCUT2D eigenvalue weighted by Crippen LogP contribution is 2.31. The molecule has 0 bridgehead atoms. The highest BCUT2D eigenvalue weighted by molar-refractivity contribution is 8.00. The van der Waals surface area contributed by atoms with Gasteiger partial charge in [-0.1, -0.05) is 20.3 Å². The predicted molar refractivity (Wildman–Crippen MR) is 119 cm³/mol. The minimum absolute atomic E-state index is 0.111. The lowest BCUT2D eigenvalue weighted by Crippen LogP contribution is -2.35. The molecule has 6 nitrogen and oxygen atoms in total. The van der Waals surface area contributed by atoms with Gasteiger partial charge in [-0.15, -0.1) is 11.8 Å². The van der Waals surface area contributed by atoms with Crippen molar-refractivity contribution in [1.29, 1.82) is 0 Å². The first-order valence-corrected chi connectivity index (χ1v) is 12.6. The summed E-state index contributed by atoms with van der Waals surface area (Å²) in [6.07, 6.45) is 2.86. The maximum atomic E-state index is 13.1. The maximum absolute atomic E-state index is 13.1. The average molecular weight is 428 g/mol. The Morgan fingerprint density at radius 1 is 1.18 bits per heavy atom. The van der Waals surface area contributed by atoms with E-state index in [4.69, 9.17) is 0 Å². The molecular weight excluding hydrogens is 394 g/mol. The molecular formula is C20H33N3O3S2. The van der Waals surface area contributed by atoms with Gasteiger partial charge in [-0.2, -0.15) is 4.31 Å². The van der Waals surface area contributed by atoms with Crippen molar-refractivity contribution in [3.05, 3.63) is 18.2 Å². The van der Waals surface area contributed by atoms with Crippen LogP contribution in [0.3, 0.4) is 0 Å². The molecule has 0 spiro atoms. The summed E-state index contributed by atoms with van der Waals surface area (Å²) in [5.74, 6) is 0.234. The van der Waals surface area contributed by atoms with Gasteiger partial charge in [-0.3, -0.25) is 4.79 Å². The molecule has 0 saturated carbocycles. The molecule has 1 saturated heterocycles. The second kappa shape index (κ2) is 10.5. The SMILES string of the molecule is CCN(CC)c1ccc(S(=O)(=O)N2CCCCC2)cc1NC(=O)CSC(C)C. The van der Waals surface area contributed by atoms with E-state index in [2.05, 4.69) is 10.2 Å². The fourth-order valence-corrected chi connectivity index (χ4v) is 5.40. The lowest BCUT2D eigenvalue weighted by atomic mass is 10.2. The monoisotopic (exact) mass is 427 g/mol. The van der Waals surface area contributed by atoms with Crippen molar-refractivity contribution in [3.8, 4) is 0 Å². The Morgan fingerprint density at radius 3 is 2.39 bits per heavy atom. The number of hydrogen-bond donors (Lipinski definition) is 1. The number of rotatable bonds is 9. The third-order valence-corrected chi connectivity index (χ3v) is 7.84. The molecule has 1 aromatic carbocycles. The number of nitrogens with one attached hydrogen (secondary N) is 1. The van der Waals surface area contributed by atoms with E-state index in [0.717, 1.165) is 38.0 Å². The van der Waals surface area contributed by atoms with Crippen molar-refractivity contribution in [2.45, 2.75) is 57.1 Å². The van der Waals surface area contributed by atoms with Crippen LogP contribution >= 0.6 is 11.8 Å². The molecule has 1 N–H and O–H groups in total. The Kier molecular flexibility index (Phi) is 8.64. The van der Waals surface area contributed by atoms with Crippen LogP contribution in [0.4, 0.5) is 11.4 Å². The van der Waals surface area contributed by atoms with Crippen LogP contribution in [-0.2, 0) is 14.8 Å². The largest absolute Gasteiger partial charge is 0.370 e. The summed E-state index contributed by atoms with van der Waals surface area (Å²) in [7, 11) is -3.54. The average Bonchev–Trinajstić information content (AvgIpc) is 2.69. The number of benzene rings is 1. The van der Waals surface area contributed by atoms with Gasteiger partial charge in [0.1, 0.15) is 0 Å². The Hall–Kier alpha value is -1.25. The molecule has 1 fully saturated rings. The number of sulfonamides is 1. The van der Waals surface area contributed by atoms with Gasteiger partial charge < -0.3 is 10.2 Å². The Bertz CT molecular complexity index is 756. The van der Waals surface area contributed by atoms with Crippen LogP contribution < -0.4 is 10.2 Å². The summed E-state index contributed by atoms with van der Waals surface area (Å²) in [6, 6.07) is 5.10. The smallest absolute Gasteiger partial charge is 0.243 e. The second-order valence-corrected chi connectivity index (χ2v) is 10.7. The Balaban J connectivity index is 2.35. The van der Waals surface area contributed by atoms with Crippen LogP contribution in [0.2, 0.25) is 0 Å². The number of nitrogens with zero attached hydrogens (tertiary/aromatic N) is 2. The number of anilines is 2. The molecule has 1 aliphatic rings. The molecule has 28 heavy (non-hydrogen) atoms. The van der Waals surface area contributed by atoms with E-state index in [1.165, 1.54) is 0 Å². The first-order valence-electron chi connectivity index (χ1n) is 10.1. The summed E-state index contributed by atoms with van der Waals surface area (Å²) in [4.78, 5) is 14.8. The predicted octanol–water partition coefficient (Wildman–Crippen LogP) is 3.79. The molecule has 1 amide bonds. The molecule has 0 unspecified atom stereocenters. The zero-order valence-corrected chi connectivity index (χ0v) is 19.0. The molecule has 158 valence electrons. The van der Waals surface area contributed by atoms with Gasteiger partial charge in [0.2, 0.25) is 15.9 Å². The molecule has 0 aromatic heterocycles. The zero-order chi connectivity index (χ0) is 20.7. The first kappa shape index (κ1) is 23.0. The molecule has 1 heterocycles. The van der Waals surface area contributed by atoms with Crippen LogP contribution in [0, 0.1) is 0 Å². The third-order valence-electron chi connectivity index (χ3n) is 4.85. The highest BCUT2D eigenvalue weighted by atomic mass is 32.2. The van der Waals surface area contributed by atoms with Crippen LogP contribution in [-0.4, -0.2) is 55.8 Å². The molecule has 1 aromatic rings. The van der Waals surface area contributed by atoms with Gasteiger partial charge in [-0.05, 0) is 50.1 Å². The van der Waals surface area contributed by atoms with Gasteiger partial charge in [-0.25, -0.2) is 8.42 Å². The fraction of sp³-hybridized carbons (Fsp3) is 0.650. The number of piperidine rings is 1. The van der Waals surface area contributed by atoms with E-state index in [9.17, 15) is 13.2 Å². The van der Waals surface area contributed by atoms with Crippen molar-refractivity contribution in [2.24, 2.45) is 0 Å². The fourth-order valence-electron chi connectivity index (χ4n) is 3.30. The van der Waals surface area contributed by atoms with E-state index in [-0.39, 0.29) is 10.8 Å². The quantitative estimate of drug-likeness (QED) is 0.649. The molecule has 0 radical (unpaired) electrons. The summed E-state index contributed by atoms with van der Waals surface area (Å²) in [5, 5.41) is 3.31. The van der Waals surface area contributed by atoms with E-state index < -0.39 is 10.0 Å². The van der Waals surface area contributed by atoms with Gasteiger partial charge >= 0.3 is 0 Å². The summed E-state index contributed by atoms with van der Waals surface area (Å²) >= 11 is 1.56. The van der Waals surface area contributed by atoms with Gasteiger partial charge in [0.05, 0.1) is 22.0 Å². The van der Waals surface area contributed by atoms with Crippen LogP contribution in [0.5, 0.6) is 0 Å². The molecule has 1 aliphatic heterocycles. The number of carbonyl (C=O) groups excluding carboxylic acids is 1. The summed E-state index contributed by atoms with van der Waals surface area (Å²) in [5.41, 5.74) is 1.42. The van der Waals surface area contributed by atoms with Gasteiger partial charge in [0.15, 0.2) is 0 Å². The molecule has 8 heteroatoms. The van der Waals surface area contributed by atoms with Crippen LogP contribution in [0.25, 0.3) is 0 Å². The third kappa shape index (κ3) is 5.87. The van der Waals surface area contributed by atoms with E-state index in [1.54, 1.807) is 28.2 Å². The number of amides is 1. The number of carbonyl (C=O) groups is 1. The van der Waals surface area contributed by atoms with Gasteiger partial charge in [0.25, 0.3) is 0 Å². The van der Waals surface area contributed by atoms with Crippen molar-refractivity contribution < 1.29 is 13.2 Å². The lowest BCUT2D eigenvalue weighted by Gasteiger charge is -2.28. The minimum atomic E-state index is -3.54. The Labute approximate surface area is 174 Å². The van der Waals surface area contributed by atoms with Crippen molar-refractivity contribution >= 4 is 39.1 Å². The van der Waals surface area contributed by atoms with Crippen molar-refractivity contribution in [3.63, 3.8) is 0 Å². The Morgan fingerprint density at radius 2 is 1.82 bits per heavy atom. The van der Waals surface area contributed by atoms with E-state index >= 15 is 0 Å². The van der Waals surface area contributed by atoms with Crippen LogP contribution in [0.15, 0.2) is 23.1 Å². The number of hydrogen-bond acceptors (Lipinski definition) is 5. The van der Waals surface area contributed by atoms with Crippen molar-refractivity contribution in [1.82, 2.24) is 4.31 Å². The highest BCUT2D eigenvalue weighted by Gasteiger charge is 2.27. The van der Waals surface area contributed by atoms with E-state index in [1.807, 2.05) is 33.8 Å². The topological polar surface area (TPSA) is 69.7 Å². The zero-order valence-electron chi connectivity index (χ0n) is 17.4. The first-order chi connectivity index (χ1) is 13.3. The van der Waals surface area contributed by atoms with Gasteiger partial charge in [0, 0.05) is 26.2 Å². The summed E-state index contributed by atoms with van der Waals surface area (Å²) < 4.78 is 27.7. The number of thioether (sulfide) groups is 1. The molecule has 0 aliphatic carbocycles. The van der Waals surface area contributed by atoms with E-state index in [0.29, 0.717) is 29.8 Å². The van der Waals surface area contributed by atoms with Crippen molar-refractivity contribution in [2.75, 3.05) is 42.1 Å². The second-order valence-electron chi connectivity index (χ2n) is 7.22. The maximum Gasteiger partial charge on any atom is 0.243 e. The standard InChI is InChI=1S/C20H33N3O3S2/c1-5-22(6-2)19-11-10-17(28(25,26)23-12-8-7-9-13-23)14-18(19)21-20(24)15-27-16(3)4/h10-11,14,16H,5-9,12-13,15H2,1-4H3,(H,21,24). The van der Waals surface area contributed by atoms with Crippen LogP contribution in [0.1, 0.15) is 47.0 Å². The molecule has 2 rings (SSSR count).